The van der Waals surface area contributed by atoms with Crippen molar-refractivity contribution in [2.75, 3.05) is 0 Å². The third-order valence-corrected chi connectivity index (χ3v) is 11.1. The molecular weight excluding hydrogens is 671 g/mol. The number of aromatic nitrogens is 3. The molecule has 0 spiro atoms. The van der Waals surface area contributed by atoms with Gasteiger partial charge in [0.2, 0.25) is 0 Å². The predicted molar refractivity (Wildman–Crippen MR) is 226 cm³/mol. The maximum atomic E-state index is 10.7. The number of hydrogen-bond donors (Lipinski definition) is 0. The van der Waals surface area contributed by atoms with Gasteiger partial charge in [0.15, 0.2) is 5.69 Å². The molecule has 0 aliphatic heterocycles. The van der Waals surface area contributed by atoms with E-state index in [1.807, 2.05) is 24.3 Å². The molecule has 5 nitrogen and oxygen atoms in total. The van der Waals surface area contributed by atoms with Gasteiger partial charge in [-0.05, 0) is 78.2 Å². The fraction of sp³-hybridized carbons (Fsp3) is 0. The molecule has 0 amide bonds. The SMILES string of the molecule is [C-]#[N+]c1ccc2c(c1)c1cc(-n3c4ccccc4c4ccccc43)ccc1n2-c1ccccc1-c1ccc(-n2c3ccccc3c3ccccc32)cc1C#N. The minimum atomic E-state index is 0.592. The van der Waals surface area contributed by atoms with E-state index in [0.29, 0.717) is 11.3 Å². The van der Waals surface area contributed by atoms with Gasteiger partial charge in [-0.15, -0.1) is 0 Å². The molecule has 8 aromatic carbocycles. The lowest BCUT2D eigenvalue weighted by Gasteiger charge is -2.16. The van der Waals surface area contributed by atoms with Crippen LogP contribution in [0.4, 0.5) is 5.69 Å². The molecule has 0 N–H and O–H groups in total. The Labute approximate surface area is 316 Å². The van der Waals surface area contributed by atoms with Crippen molar-refractivity contribution >= 4 is 71.1 Å². The van der Waals surface area contributed by atoms with E-state index in [1.165, 1.54) is 21.5 Å². The maximum absolute atomic E-state index is 10.7. The quantitative estimate of drug-likeness (QED) is 0.169. The van der Waals surface area contributed by atoms with Crippen LogP contribution in [0, 0.1) is 17.9 Å². The second kappa shape index (κ2) is 11.8. The van der Waals surface area contributed by atoms with Gasteiger partial charge >= 0.3 is 0 Å². The first-order valence-electron chi connectivity index (χ1n) is 18.3. The first-order chi connectivity index (χ1) is 27.2. The van der Waals surface area contributed by atoms with Crippen molar-refractivity contribution < 1.29 is 0 Å². The van der Waals surface area contributed by atoms with Gasteiger partial charge in [-0.1, -0.05) is 103 Å². The Morgan fingerprint density at radius 1 is 0.400 bits per heavy atom. The number of hydrogen-bond acceptors (Lipinski definition) is 1. The fourth-order valence-electron chi connectivity index (χ4n) is 8.76. The summed E-state index contributed by atoms with van der Waals surface area (Å²) in [6, 6.07) is 63.6. The van der Waals surface area contributed by atoms with Crippen molar-refractivity contribution in [1.82, 2.24) is 13.7 Å². The van der Waals surface area contributed by atoms with E-state index < -0.39 is 0 Å². The minimum Gasteiger partial charge on any atom is -0.309 e. The standard InChI is InChI=1S/C50H29N5/c1-52-33-22-26-49-42(29-33)43-30-35(54-46-19-9-5-15-40(46)41-16-6-10-20-47(41)54)24-27-50(43)55(49)48-21-11-2-12-37(48)36-25-23-34(28-32(36)31-51)53-44-17-7-3-13-38(44)39-14-4-8-18-45(39)53/h2-30H. The zero-order valence-electron chi connectivity index (χ0n) is 29.5. The van der Waals surface area contributed by atoms with Crippen LogP contribution in [0.15, 0.2) is 176 Å². The summed E-state index contributed by atoms with van der Waals surface area (Å²) in [7, 11) is 0. The van der Waals surface area contributed by atoms with Gasteiger partial charge in [-0.2, -0.15) is 5.26 Å². The Morgan fingerprint density at radius 2 is 0.855 bits per heavy atom. The van der Waals surface area contributed by atoms with Gasteiger partial charge in [0.25, 0.3) is 0 Å². The molecule has 254 valence electrons. The van der Waals surface area contributed by atoms with E-state index in [9.17, 15) is 5.26 Å². The molecule has 55 heavy (non-hydrogen) atoms. The van der Waals surface area contributed by atoms with Gasteiger partial charge in [-0.25, -0.2) is 4.85 Å². The highest BCUT2D eigenvalue weighted by atomic mass is 15.0. The fourth-order valence-corrected chi connectivity index (χ4v) is 8.76. The Hall–Kier alpha value is -7.86. The van der Waals surface area contributed by atoms with Crippen molar-refractivity contribution in [2.45, 2.75) is 0 Å². The smallest absolute Gasteiger partial charge is 0.188 e. The van der Waals surface area contributed by atoms with Crippen LogP contribution in [0.3, 0.4) is 0 Å². The van der Waals surface area contributed by atoms with E-state index in [4.69, 9.17) is 6.57 Å². The van der Waals surface area contributed by atoms with Crippen LogP contribution in [0.25, 0.3) is 98.5 Å². The summed E-state index contributed by atoms with van der Waals surface area (Å²) in [4.78, 5) is 3.82. The maximum Gasteiger partial charge on any atom is 0.188 e. The van der Waals surface area contributed by atoms with E-state index in [2.05, 4.69) is 176 Å². The average Bonchev–Trinajstić information content (AvgIpc) is 3.88. The van der Waals surface area contributed by atoms with Crippen molar-refractivity contribution in [1.29, 1.82) is 5.26 Å². The molecule has 0 aliphatic carbocycles. The first kappa shape index (κ1) is 30.7. The summed E-state index contributed by atoms with van der Waals surface area (Å²) < 4.78 is 6.86. The van der Waals surface area contributed by atoms with Crippen molar-refractivity contribution in [2.24, 2.45) is 0 Å². The average molecular weight is 700 g/mol. The van der Waals surface area contributed by atoms with E-state index in [-0.39, 0.29) is 0 Å². The van der Waals surface area contributed by atoms with Crippen LogP contribution < -0.4 is 0 Å². The van der Waals surface area contributed by atoms with E-state index in [0.717, 1.165) is 72.1 Å². The number of para-hydroxylation sites is 5. The van der Waals surface area contributed by atoms with Crippen LogP contribution in [0.1, 0.15) is 5.56 Å². The summed E-state index contributed by atoms with van der Waals surface area (Å²) >= 11 is 0. The van der Waals surface area contributed by atoms with Gasteiger partial charge in [-0.3, -0.25) is 0 Å². The van der Waals surface area contributed by atoms with Gasteiger partial charge < -0.3 is 13.7 Å². The molecule has 11 rings (SSSR count). The molecule has 3 aromatic heterocycles. The number of fused-ring (bicyclic) bond motifs is 9. The van der Waals surface area contributed by atoms with Crippen molar-refractivity contribution in [3.05, 3.63) is 193 Å². The molecule has 0 saturated heterocycles. The Morgan fingerprint density at radius 3 is 1.42 bits per heavy atom. The molecule has 0 atom stereocenters. The van der Waals surface area contributed by atoms with Crippen LogP contribution in [-0.4, -0.2) is 13.7 Å². The number of benzene rings is 8. The minimum absolute atomic E-state index is 0.592. The lowest BCUT2D eigenvalue weighted by molar-refractivity contribution is 1.16. The van der Waals surface area contributed by atoms with E-state index >= 15 is 0 Å². The molecule has 11 aromatic rings. The highest BCUT2D eigenvalue weighted by Gasteiger charge is 2.20. The second-order valence-electron chi connectivity index (χ2n) is 13.9. The Bertz CT molecular complexity index is 3360. The Kier molecular flexibility index (Phi) is 6.61. The zero-order chi connectivity index (χ0) is 36.6. The van der Waals surface area contributed by atoms with Gasteiger partial charge in [0.1, 0.15) is 0 Å². The molecule has 0 saturated carbocycles. The highest BCUT2D eigenvalue weighted by Crippen LogP contribution is 2.41. The molecule has 0 fully saturated rings. The third kappa shape index (κ3) is 4.45. The largest absolute Gasteiger partial charge is 0.309 e. The zero-order valence-corrected chi connectivity index (χ0v) is 29.5. The first-order valence-corrected chi connectivity index (χ1v) is 18.3. The summed E-state index contributed by atoms with van der Waals surface area (Å²) in [6.45, 7) is 7.87. The van der Waals surface area contributed by atoms with Crippen LogP contribution in [-0.2, 0) is 0 Å². The monoisotopic (exact) mass is 699 g/mol. The third-order valence-electron chi connectivity index (χ3n) is 11.1. The molecule has 0 bridgehead atoms. The van der Waals surface area contributed by atoms with Crippen molar-refractivity contribution in [3.63, 3.8) is 0 Å². The lowest BCUT2D eigenvalue weighted by atomic mass is 9.97. The molecule has 5 heteroatoms. The lowest BCUT2D eigenvalue weighted by Crippen LogP contribution is -2.00. The molecule has 0 unspecified atom stereocenters. The van der Waals surface area contributed by atoms with Crippen molar-refractivity contribution in [3.8, 4) is 34.3 Å². The predicted octanol–water partition coefficient (Wildman–Crippen LogP) is 13.1. The topological polar surface area (TPSA) is 42.9 Å². The normalized spacial score (nSPS) is 11.6. The molecular formula is C50H29N5. The Balaban J connectivity index is 1.13. The molecule has 0 radical (unpaired) electrons. The van der Waals surface area contributed by atoms with Crippen LogP contribution in [0.2, 0.25) is 0 Å². The number of rotatable bonds is 4. The summed E-state index contributed by atoms with van der Waals surface area (Å²) in [5.41, 5.74) is 12.5. The van der Waals surface area contributed by atoms with Gasteiger partial charge in [0, 0.05) is 49.4 Å². The number of nitriles is 1. The second-order valence-corrected chi connectivity index (χ2v) is 13.9. The summed E-state index contributed by atoms with van der Waals surface area (Å²) in [5, 5.41) is 17.6. The van der Waals surface area contributed by atoms with Crippen LogP contribution in [0.5, 0.6) is 0 Å². The summed E-state index contributed by atoms with van der Waals surface area (Å²) in [5.74, 6) is 0. The number of nitrogens with zero attached hydrogens (tertiary/aromatic N) is 5. The van der Waals surface area contributed by atoms with Crippen LogP contribution >= 0.6 is 0 Å². The summed E-state index contributed by atoms with van der Waals surface area (Å²) in [6.07, 6.45) is 0. The molecule has 0 aliphatic rings. The van der Waals surface area contributed by atoms with Gasteiger partial charge in [0.05, 0.1) is 57.0 Å². The molecule has 3 heterocycles. The van der Waals surface area contributed by atoms with E-state index in [1.54, 1.807) is 0 Å². The highest BCUT2D eigenvalue weighted by molar-refractivity contribution is 6.13.